The number of carbonyl (C=O) groups excluding carboxylic acids is 1. The Morgan fingerprint density at radius 1 is 1.35 bits per heavy atom. The number of nitrogens with two attached hydrogens (primary N) is 1. The van der Waals surface area contributed by atoms with Gasteiger partial charge in [0, 0.05) is 12.4 Å². The molecular formula is C16H22N2O2. The number of para-hydroxylation sites is 1. The van der Waals surface area contributed by atoms with Gasteiger partial charge in [0.25, 0.3) is 0 Å². The number of likely N-dealkylation sites (N-methyl/N-ethyl adjacent to an activating group) is 1. The highest BCUT2D eigenvalue weighted by Crippen LogP contribution is 2.22. The second-order valence-electron chi connectivity index (χ2n) is 6.29. The molecule has 0 spiro atoms. The minimum atomic E-state index is -0.517. The summed E-state index contributed by atoms with van der Waals surface area (Å²) in [5.74, 6) is 0.695. The van der Waals surface area contributed by atoms with Crippen molar-refractivity contribution in [2.45, 2.75) is 33.4 Å². The molecule has 0 aliphatic heterocycles. The van der Waals surface area contributed by atoms with Crippen LogP contribution in [-0.2, 0) is 11.3 Å². The Balaban J connectivity index is 2.11. The Hall–Kier alpha value is -1.81. The van der Waals surface area contributed by atoms with Crippen molar-refractivity contribution in [2.75, 3.05) is 7.05 Å². The highest BCUT2D eigenvalue weighted by molar-refractivity contribution is 5.82. The molecule has 0 bridgehead atoms. The molecule has 1 aromatic carbocycles. The van der Waals surface area contributed by atoms with Crippen LogP contribution >= 0.6 is 0 Å². The van der Waals surface area contributed by atoms with Crippen molar-refractivity contribution in [1.82, 2.24) is 4.90 Å². The summed E-state index contributed by atoms with van der Waals surface area (Å²) in [6.07, 6.45) is 0. The van der Waals surface area contributed by atoms with Gasteiger partial charge >= 0.3 is 0 Å². The molecule has 2 aromatic rings. The lowest BCUT2D eigenvalue weighted by Gasteiger charge is -2.29. The quantitative estimate of drug-likeness (QED) is 0.936. The molecule has 2 rings (SSSR count). The zero-order valence-electron chi connectivity index (χ0n) is 12.5. The zero-order valence-corrected chi connectivity index (χ0v) is 12.5. The van der Waals surface area contributed by atoms with Crippen LogP contribution in [0.4, 0.5) is 0 Å². The van der Waals surface area contributed by atoms with Crippen molar-refractivity contribution in [3.8, 4) is 0 Å². The molecule has 0 fully saturated rings. The zero-order chi connectivity index (χ0) is 14.9. The third kappa shape index (κ3) is 3.02. The Morgan fingerprint density at radius 2 is 2.00 bits per heavy atom. The van der Waals surface area contributed by atoms with Crippen LogP contribution in [0.1, 0.15) is 26.5 Å². The number of furan rings is 1. The van der Waals surface area contributed by atoms with Gasteiger partial charge in [0.1, 0.15) is 11.3 Å². The van der Waals surface area contributed by atoms with Crippen LogP contribution < -0.4 is 5.73 Å². The van der Waals surface area contributed by atoms with Crippen molar-refractivity contribution in [1.29, 1.82) is 0 Å². The van der Waals surface area contributed by atoms with Gasteiger partial charge < -0.3 is 15.1 Å². The molecule has 20 heavy (non-hydrogen) atoms. The van der Waals surface area contributed by atoms with Gasteiger partial charge in [-0.15, -0.1) is 0 Å². The van der Waals surface area contributed by atoms with Crippen molar-refractivity contribution < 1.29 is 9.21 Å². The average Bonchev–Trinajstić information content (AvgIpc) is 2.77. The summed E-state index contributed by atoms with van der Waals surface area (Å²) in [5, 5.41) is 1.04. The maximum absolute atomic E-state index is 12.3. The number of hydrogen-bond donors (Lipinski definition) is 1. The lowest BCUT2D eigenvalue weighted by molar-refractivity contribution is -0.134. The maximum atomic E-state index is 12.3. The minimum Gasteiger partial charge on any atom is -0.459 e. The van der Waals surface area contributed by atoms with Crippen molar-refractivity contribution in [3.63, 3.8) is 0 Å². The maximum Gasteiger partial charge on any atom is 0.240 e. The third-order valence-corrected chi connectivity index (χ3v) is 3.44. The molecule has 0 saturated carbocycles. The SMILES string of the molecule is CN(Cc1cc2ccccc2o1)C(=O)[C@@H](N)C(C)(C)C. The molecular weight excluding hydrogens is 252 g/mol. The normalized spacial score (nSPS) is 13.4. The number of rotatable bonds is 3. The molecule has 108 valence electrons. The van der Waals surface area contributed by atoms with E-state index in [-0.39, 0.29) is 11.3 Å². The first-order valence-corrected chi connectivity index (χ1v) is 6.77. The highest BCUT2D eigenvalue weighted by Gasteiger charge is 2.29. The molecule has 1 heterocycles. The minimum absolute atomic E-state index is 0.0713. The van der Waals surface area contributed by atoms with E-state index in [1.165, 1.54) is 0 Å². The van der Waals surface area contributed by atoms with E-state index in [0.29, 0.717) is 6.54 Å². The number of nitrogens with zero attached hydrogens (tertiary/aromatic N) is 1. The van der Waals surface area contributed by atoms with Crippen LogP contribution in [0.25, 0.3) is 11.0 Å². The van der Waals surface area contributed by atoms with E-state index >= 15 is 0 Å². The van der Waals surface area contributed by atoms with Gasteiger partial charge in [0.05, 0.1) is 12.6 Å². The van der Waals surface area contributed by atoms with E-state index in [2.05, 4.69) is 0 Å². The summed E-state index contributed by atoms with van der Waals surface area (Å²) >= 11 is 0. The summed E-state index contributed by atoms with van der Waals surface area (Å²) in [5.41, 5.74) is 6.59. The van der Waals surface area contributed by atoms with Crippen molar-refractivity contribution >= 4 is 16.9 Å². The van der Waals surface area contributed by atoms with E-state index in [0.717, 1.165) is 16.7 Å². The number of amides is 1. The fourth-order valence-corrected chi connectivity index (χ4v) is 2.03. The first-order chi connectivity index (χ1) is 9.29. The number of carbonyl (C=O) groups is 1. The van der Waals surface area contributed by atoms with Crippen LogP contribution in [-0.4, -0.2) is 23.9 Å². The summed E-state index contributed by atoms with van der Waals surface area (Å²) in [6.45, 7) is 6.32. The summed E-state index contributed by atoms with van der Waals surface area (Å²) in [4.78, 5) is 13.9. The van der Waals surface area contributed by atoms with Crippen molar-refractivity contribution in [3.05, 3.63) is 36.1 Å². The van der Waals surface area contributed by atoms with Gasteiger partial charge in [-0.1, -0.05) is 39.0 Å². The van der Waals surface area contributed by atoms with Crippen LogP contribution in [0, 0.1) is 5.41 Å². The van der Waals surface area contributed by atoms with Crippen LogP contribution in [0.15, 0.2) is 34.7 Å². The lowest BCUT2D eigenvalue weighted by Crippen LogP contribution is -2.48. The predicted molar refractivity (Wildman–Crippen MR) is 80.1 cm³/mol. The lowest BCUT2D eigenvalue weighted by atomic mass is 9.86. The first-order valence-electron chi connectivity index (χ1n) is 6.77. The number of fused-ring (bicyclic) bond motifs is 1. The predicted octanol–water partition coefficient (Wildman–Crippen LogP) is 2.76. The van der Waals surface area contributed by atoms with Gasteiger partial charge in [-0.3, -0.25) is 4.79 Å². The Bertz CT molecular complexity index is 577. The topological polar surface area (TPSA) is 59.5 Å². The highest BCUT2D eigenvalue weighted by atomic mass is 16.3. The summed E-state index contributed by atoms with van der Waals surface area (Å²) in [6, 6.07) is 9.25. The monoisotopic (exact) mass is 274 g/mol. The standard InChI is InChI=1S/C16H22N2O2/c1-16(2,3)14(17)15(19)18(4)10-12-9-11-7-5-6-8-13(11)20-12/h5-9,14H,10,17H2,1-4H3/t14-/m1/s1. The van der Waals surface area contributed by atoms with E-state index < -0.39 is 6.04 Å². The molecule has 0 aliphatic rings. The van der Waals surface area contributed by atoms with Crippen molar-refractivity contribution in [2.24, 2.45) is 11.1 Å². The average molecular weight is 274 g/mol. The molecule has 0 radical (unpaired) electrons. The van der Waals surface area contributed by atoms with Crippen LogP contribution in [0.3, 0.4) is 0 Å². The Labute approximate surface area is 119 Å². The molecule has 0 unspecified atom stereocenters. The van der Waals surface area contributed by atoms with E-state index in [4.69, 9.17) is 10.2 Å². The molecule has 1 amide bonds. The summed E-state index contributed by atoms with van der Waals surface area (Å²) in [7, 11) is 1.75. The first kappa shape index (κ1) is 14.6. The Kier molecular flexibility index (Phi) is 3.86. The van der Waals surface area contributed by atoms with E-state index in [1.54, 1.807) is 11.9 Å². The van der Waals surface area contributed by atoms with E-state index in [9.17, 15) is 4.79 Å². The summed E-state index contributed by atoms with van der Waals surface area (Å²) < 4.78 is 5.72. The molecule has 2 N–H and O–H groups in total. The number of benzene rings is 1. The van der Waals surface area contributed by atoms with Gasteiger partial charge in [0.15, 0.2) is 0 Å². The molecule has 4 nitrogen and oxygen atoms in total. The fourth-order valence-electron chi connectivity index (χ4n) is 2.03. The molecule has 1 atom stereocenters. The molecule has 4 heteroatoms. The fraction of sp³-hybridized carbons (Fsp3) is 0.438. The molecule has 1 aromatic heterocycles. The smallest absolute Gasteiger partial charge is 0.240 e. The van der Waals surface area contributed by atoms with Crippen LogP contribution in [0.2, 0.25) is 0 Å². The number of hydrogen-bond acceptors (Lipinski definition) is 3. The second kappa shape index (κ2) is 5.29. The second-order valence-corrected chi connectivity index (χ2v) is 6.29. The van der Waals surface area contributed by atoms with Crippen LogP contribution in [0.5, 0.6) is 0 Å². The molecule has 0 saturated heterocycles. The van der Waals surface area contributed by atoms with E-state index in [1.807, 2.05) is 51.1 Å². The third-order valence-electron chi connectivity index (χ3n) is 3.44. The molecule has 0 aliphatic carbocycles. The van der Waals surface area contributed by atoms with Gasteiger partial charge in [-0.2, -0.15) is 0 Å². The van der Waals surface area contributed by atoms with Gasteiger partial charge in [-0.05, 0) is 17.5 Å². The van der Waals surface area contributed by atoms with Gasteiger partial charge in [-0.25, -0.2) is 0 Å². The Morgan fingerprint density at radius 3 is 2.60 bits per heavy atom. The largest absolute Gasteiger partial charge is 0.459 e. The van der Waals surface area contributed by atoms with Gasteiger partial charge in [0.2, 0.25) is 5.91 Å².